The van der Waals surface area contributed by atoms with Crippen LogP contribution in [0, 0.1) is 10.6 Å². The second-order valence-electron chi connectivity index (χ2n) is 8.57. The zero-order chi connectivity index (χ0) is 20.5. The Morgan fingerprint density at radius 1 is 1.00 bits per heavy atom. The van der Waals surface area contributed by atoms with Crippen LogP contribution in [0.25, 0.3) is 0 Å². The molecule has 1 aliphatic carbocycles. The summed E-state index contributed by atoms with van der Waals surface area (Å²) < 4.78 is 18.6. The van der Waals surface area contributed by atoms with Crippen LogP contribution in [-0.4, -0.2) is 31.8 Å². The maximum atomic E-state index is 13.6. The molecular formula is C24H27FN4S. The minimum atomic E-state index is -0.159. The predicted molar refractivity (Wildman–Crippen MR) is 118 cm³/mol. The van der Waals surface area contributed by atoms with Gasteiger partial charge in [-0.25, -0.2) is 9.07 Å². The fourth-order valence-electron chi connectivity index (χ4n) is 4.53. The number of likely N-dealkylation sites (tertiary alicyclic amines) is 1. The summed E-state index contributed by atoms with van der Waals surface area (Å²) in [7, 11) is 0. The van der Waals surface area contributed by atoms with Crippen LogP contribution in [-0.2, 0) is 19.6 Å². The molecule has 1 aliphatic heterocycles. The van der Waals surface area contributed by atoms with E-state index in [2.05, 4.69) is 33.7 Å². The van der Waals surface area contributed by atoms with E-state index in [1.807, 2.05) is 16.8 Å². The van der Waals surface area contributed by atoms with Crippen LogP contribution in [0.4, 0.5) is 4.39 Å². The molecule has 2 heterocycles. The van der Waals surface area contributed by atoms with Crippen molar-refractivity contribution in [1.82, 2.24) is 19.2 Å². The van der Waals surface area contributed by atoms with Gasteiger partial charge in [-0.1, -0.05) is 42.5 Å². The lowest BCUT2D eigenvalue weighted by Gasteiger charge is -2.24. The summed E-state index contributed by atoms with van der Waals surface area (Å²) in [6.07, 6.45) is 5.56. The smallest absolute Gasteiger partial charge is 0.199 e. The molecule has 1 saturated carbocycles. The van der Waals surface area contributed by atoms with E-state index >= 15 is 0 Å². The van der Waals surface area contributed by atoms with E-state index in [9.17, 15) is 4.39 Å². The fraction of sp³-hybridized carbons (Fsp3) is 0.417. The standard InChI is InChI=1S/C24H27FN4S/c25-21-9-4-8-19(14-21)15-22-10-5-13-27(22)17-29-24(30)28(23(26-29)20-11-12-20)16-18-6-2-1-3-7-18/h1-4,6-9,14,20,22H,5,10-13,15-17H2. The van der Waals surface area contributed by atoms with Gasteiger partial charge in [-0.2, -0.15) is 5.10 Å². The van der Waals surface area contributed by atoms with Crippen LogP contribution in [0.3, 0.4) is 0 Å². The van der Waals surface area contributed by atoms with Gasteiger partial charge in [-0.05, 0) is 67.6 Å². The van der Waals surface area contributed by atoms with Gasteiger partial charge < -0.3 is 0 Å². The third kappa shape index (κ3) is 4.25. The quantitative estimate of drug-likeness (QED) is 0.493. The first-order valence-corrected chi connectivity index (χ1v) is 11.3. The number of aromatic nitrogens is 3. The summed E-state index contributed by atoms with van der Waals surface area (Å²) in [5, 5.41) is 4.96. The molecule has 0 amide bonds. The molecule has 4 nitrogen and oxygen atoms in total. The maximum absolute atomic E-state index is 13.6. The molecule has 6 heteroatoms. The van der Waals surface area contributed by atoms with Crippen LogP contribution in [0.5, 0.6) is 0 Å². The van der Waals surface area contributed by atoms with Crippen LogP contribution < -0.4 is 0 Å². The van der Waals surface area contributed by atoms with Gasteiger partial charge >= 0.3 is 0 Å². The third-order valence-electron chi connectivity index (χ3n) is 6.25. The minimum Gasteiger partial charge on any atom is -0.299 e. The van der Waals surface area contributed by atoms with Crippen molar-refractivity contribution in [2.75, 3.05) is 6.54 Å². The highest BCUT2D eigenvalue weighted by Gasteiger charge is 2.31. The van der Waals surface area contributed by atoms with E-state index in [4.69, 9.17) is 17.3 Å². The molecule has 1 aromatic heterocycles. The van der Waals surface area contributed by atoms with E-state index < -0.39 is 0 Å². The zero-order valence-corrected chi connectivity index (χ0v) is 17.9. The molecule has 2 aromatic carbocycles. The molecule has 0 N–H and O–H groups in total. The molecule has 2 fully saturated rings. The monoisotopic (exact) mass is 422 g/mol. The number of rotatable bonds is 7. The normalized spacial score (nSPS) is 19.4. The number of nitrogens with zero attached hydrogens (tertiary/aromatic N) is 4. The molecule has 1 saturated heterocycles. The molecular weight excluding hydrogens is 395 g/mol. The van der Waals surface area contributed by atoms with Gasteiger partial charge in [0.05, 0.1) is 13.2 Å². The summed E-state index contributed by atoms with van der Waals surface area (Å²) in [5.41, 5.74) is 2.31. The van der Waals surface area contributed by atoms with Gasteiger partial charge in [0, 0.05) is 18.5 Å². The maximum Gasteiger partial charge on any atom is 0.199 e. The van der Waals surface area contributed by atoms with E-state index in [1.54, 1.807) is 12.1 Å². The van der Waals surface area contributed by atoms with Crippen molar-refractivity contribution >= 4 is 12.2 Å². The van der Waals surface area contributed by atoms with Crippen LogP contribution in [0.2, 0.25) is 0 Å². The highest BCUT2D eigenvalue weighted by atomic mass is 32.1. The summed E-state index contributed by atoms with van der Waals surface area (Å²) in [6, 6.07) is 17.9. The average Bonchev–Trinajstić information content (AvgIpc) is 3.44. The molecule has 1 atom stereocenters. The van der Waals surface area contributed by atoms with Gasteiger partial charge in [-0.15, -0.1) is 0 Å². The molecule has 0 bridgehead atoms. The first kappa shape index (κ1) is 19.6. The number of hydrogen-bond acceptors (Lipinski definition) is 3. The van der Waals surface area contributed by atoms with E-state index in [0.29, 0.717) is 18.6 Å². The molecule has 0 spiro atoms. The highest BCUT2D eigenvalue weighted by Crippen LogP contribution is 2.39. The van der Waals surface area contributed by atoms with Crippen molar-refractivity contribution in [3.63, 3.8) is 0 Å². The second kappa shape index (κ2) is 8.44. The first-order chi connectivity index (χ1) is 14.7. The highest BCUT2D eigenvalue weighted by molar-refractivity contribution is 7.71. The van der Waals surface area contributed by atoms with Crippen molar-refractivity contribution in [3.05, 3.63) is 82.1 Å². The van der Waals surface area contributed by atoms with Crippen molar-refractivity contribution in [2.24, 2.45) is 0 Å². The fourth-order valence-corrected chi connectivity index (χ4v) is 4.79. The molecule has 0 radical (unpaired) electrons. The van der Waals surface area contributed by atoms with Gasteiger partial charge in [0.15, 0.2) is 4.77 Å². The largest absolute Gasteiger partial charge is 0.299 e. The van der Waals surface area contributed by atoms with Gasteiger partial charge in [0.25, 0.3) is 0 Å². The number of halogens is 1. The lowest BCUT2D eigenvalue weighted by molar-refractivity contribution is 0.187. The Morgan fingerprint density at radius 2 is 1.80 bits per heavy atom. The summed E-state index contributed by atoms with van der Waals surface area (Å²) >= 11 is 5.87. The number of hydrogen-bond donors (Lipinski definition) is 0. The molecule has 3 aromatic rings. The Morgan fingerprint density at radius 3 is 2.57 bits per heavy atom. The molecule has 30 heavy (non-hydrogen) atoms. The summed E-state index contributed by atoms with van der Waals surface area (Å²) in [6.45, 7) is 2.52. The lowest BCUT2D eigenvalue weighted by Crippen LogP contribution is -2.33. The van der Waals surface area contributed by atoms with Gasteiger partial charge in [0.1, 0.15) is 11.6 Å². The molecule has 156 valence electrons. The molecule has 5 rings (SSSR count). The van der Waals surface area contributed by atoms with Crippen molar-refractivity contribution in [1.29, 1.82) is 0 Å². The van der Waals surface area contributed by atoms with Crippen LogP contribution in [0.15, 0.2) is 54.6 Å². The van der Waals surface area contributed by atoms with Crippen molar-refractivity contribution in [3.8, 4) is 0 Å². The van der Waals surface area contributed by atoms with Crippen molar-refractivity contribution in [2.45, 2.75) is 57.3 Å². The lowest BCUT2D eigenvalue weighted by atomic mass is 10.0. The first-order valence-electron chi connectivity index (χ1n) is 10.9. The van der Waals surface area contributed by atoms with Gasteiger partial charge in [-0.3, -0.25) is 9.47 Å². The Balaban J connectivity index is 1.36. The SMILES string of the molecule is Fc1cccc(CC2CCCN2Cn2nc(C3CC3)n(Cc3ccccc3)c2=S)c1. The Bertz CT molecular complexity index is 1070. The Hall–Kier alpha value is -2.31. The van der Waals surface area contributed by atoms with Crippen molar-refractivity contribution < 1.29 is 4.39 Å². The van der Waals surface area contributed by atoms with Gasteiger partial charge in [0.2, 0.25) is 0 Å². The van der Waals surface area contributed by atoms with E-state index in [0.717, 1.165) is 48.5 Å². The molecule has 2 aliphatic rings. The number of benzene rings is 2. The summed E-state index contributed by atoms with van der Waals surface area (Å²) in [4.78, 5) is 2.46. The summed E-state index contributed by atoms with van der Waals surface area (Å²) in [5.74, 6) is 1.51. The van der Waals surface area contributed by atoms with Crippen LogP contribution in [0.1, 0.15) is 48.6 Å². The minimum absolute atomic E-state index is 0.159. The Labute approximate surface area is 182 Å². The molecule has 1 unspecified atom stereocenters. The predicted octanol–water partition coefficient (Wildman–Crippen LogP) is 5.14. The van der Waals surface area contributed by atoms with E-state index in [1.165, 1.54) is 24.5 Å². The van der Waals surface area contributed by atoms with E-state index in [-0.39, 0.29) is 5.82 Å². The zero-order valence-electron chi connectivity index (χ0n) is 17.1. The topological polar surface area (TPSA) is 26.0 Å². The van der Waals surface area contributed by atoms with Crippen LogP contribution >= 0.6 is 12.2 Å². The second-order valence-corrected chi connectivity index (χ2v) is 8.94. The average molecular weight is 423 g/mol. The third-order valence-corrected chi connectivity index (χ3v) is 6.68. The Kier molecular flexibility index (Phi) is 5.52.